The van der Waals surface area contributed by atoms with Crippen molar-refractivity contribution in [3.05, 3.63) is 41.5 Å². The van der Waals surface area contributed by atoms with Crippen molar-refractivity contribution in [1.29, 1.82) is 0 Å². The van der Waals surface area contributed by atoms with Crippen LogP contribution >= 0.6 is 0 Å². The van der Waals surface area contributed by atoms with E-state index in [4.69, 9.17) is 0 Å². The first-order valence-corrected chi connectivity index (χ1v) is 4.57. The molecule has 1 heteroatoms. The minimum Gasteiger partial charge on any atom is -0.0760 e. The second-order valence-electron chi connectivity index (χ2n) is 3.68. The van der Waals surface area contributed by atoms with Gasteiger partial charge in [0.05, 0.1) is 0 Å². The molecule has 1 aromatic carbocycles. The monoisotopic (exact) mass is 338 g/mol. The van der Waals surface area contributed by atoms with Gasteiger partial charge >= 0.3 is 0 Å². The van der Waals surface area contributed by atoms with Crippen molar-refractivity contribution in [3.8, 4) is 0 Å². The predicted octanol–water partition coefficient (Wildman–Crippen LogP) is 3.28. The predicted molar refractivity (Wildman–Crippen MR) is 53.0 cm³/mol. The Morgan fingerprint density at radius 3 is 2.54 bits per heavy atom. The molecule has 2 rings (SSSR count). The first-order valence-electron chi connectivity index (χ1n) is 4.57. The smallest absolute Gasteiger partial charge is 0 e. The van der Waals surface area contributed by atoms with Crippen LogP contribution in [0.1, 0.15) is 25.0 Å². The first kappa shape index (κ1) is 10.9. The second kappa shape index (κ2) is 4.36. The first-order chi connectivity index (χ1) is 5.79. The molecular weight excluding hydrogens is 323 g/mol. The zero-order valence-corrected chi connectivity index (χ0v) is 11.8. The molecule has 0 heterocycles. The number of benzene rings is 1. The van der Waals surface area contributed by atoms with E-state index in [0.29, 0.717) is 5.92 Å². The van der Waals surface area contributed by atoms with E-state index in [1.807, 2.05) is 0 Å². The van der Waals surface area contributed by atoms with Crippen LogP contribution in [0.15, 0.2) is 30.3 Å². The largest absolute Gasteiger partial charge is 0.0760 e. The zero-order chi connectivity index (χ0) is 8.55. The average molecular weight is 337 g/mol. The molecule has 1 aliphatic rings. The summed E-state index contributed by atoms with van der Waals surface area (Å²) in [7, 11) is 0. The summed E-state index contributed by atoms with van der Waals surface area (Å²) in [5, 5.41) is 0. The maximum Gasteiger partial charge on any atom is 0 e. The van der Waals surface area contributed by atoms with Crippen LogP contribution in [0.2, 0.25) is 0 Å². The van der Waals surface area contributed by atoms with Crippen LogP contribution in [0.3, 0.4) is 0 Å². The van der Waals surface area contributed by atoms with Gasteiger partial charge in [0.25, 0.3) is 0 Å². The van der Waals surface area contributed by atoms with E-state index in [1.54, 1.807) is 0 Å². The molecule has 1 aliphatic carbocycles. The Morgan fingerprint density at radius 1 is 1.15 bits per heavy atom. The number of fused-ring (bicyclic) bond motifs is 1. The van der Waals surface area contributed by atoms with Gasteiger partial charge in [0.15, 0.2) is 0 Å². The molecule has 0 amide bonds. The molecule has 0 N–H and O–H groups in total. The average Bonchev–Trinajstić information content (AvgIpc) is 2.47. The molecule has 66 valence electrons. The van der Waals surface area contributed by atoms with Crippen molar-refractivity contribution in [1.82, 2.24) is 0 Å². The normalized spacial score (nSPS) is 13.6. The fourth-order valence-electron chi connectivity index (χ4n) is 1.86. The van der Waals surface area contributed by atoms with Crippen LogP contribution < -0.4 is 0 Å². The molecule has 13 heavy (non-hydrogen) atoms. The van der Waals surface area contributed by atoms with E-state index in [9.17, 15) is 0 Å². The summed E-state index contributed by atoms with van der Waals surface area (Å²) in [6, 6.07) is 8.70. The minimum atomic E-state index is 0. The molecule has 0 aromatic heterocycles. The van der Waals surface area contributed by atoms with Crippen molar-refractivity contribution in [2.45, 2.75) is 20.3 Å². The van der Waals surface area contributed by atoms with Crippen molar-refractivity contribution < 1.29 is 25.8 Å². The van der Waals surface area contributed by atoms with Crippen LogP contribution in [0.5, 0.6) is 0 Å². The van der Waals surface area contributed by atoms with Gasteiger partial charge in [-0.25, -0.2) is 0 Å². The van der Waals surface area contributed by atoms with Crippen LogP contribution in [0.4, 0.5) is 0 Å². The number of rotatable bonds is 1. The molecular formula is C12H14Hf. The van der Waals surface area contributed by atoms with Gasteiger partial charge in [-0.15, -0.1) is 0 Å². The quantitative estimate of drug-likeness (QED) is 0.690. The van der Waals surface area contributed by atoms with Crippen LogP contribution in [0.25, 0.3) is 5.57 Å². The summed E-state index contributed by atoms with van der Waals surface area (Å²) in [5.41, 5.74) is 4.47. The van der Waals surface area contributed by atoms with Crippen molar-refractivity contribution >= 4 is 5.57 Å². The maximum absolute atomic E-state index is 2.36. The van der Waals surface area contributed by atoms with Gasteiger partial charge in [0.2, 0.25) is 0 Å². The van der Waals surface area contributed by atoms with Gasteiger partial charge in [-0.1, -0.05) is 44.2 Å². The summed E-state index contributed by atoms with van der Waals surface area (Å²) < 4.78 is 0. The van der Waals surface area contributed by atoms with Gasteiger partial charge in [0, 0.05) is 25.8 Å². The topological polar surface area (TPSA) is 0 Å². The third-order valence-electron chi connectivity index (χ3n) is 2.49. The summed E-state index contributed by atoms with van der Waals surface area (Å²) in [6.45, 7) is 4.52. The summed E-state index contributed by atoms with van der Waals surface area (Å²) in [6.07, 6.45) is 3.49. The van der Waals surface area contributed by atoms with Crippen LogP contribution in [0, 0.1) is 5.92 Å². The molecule has 0 atom stereocenters. The SMILES string of the molecule is CC(C)C1=CCc2ccccc21.[Hf]. The number of allylic oxidation sites excluding steroid dienone is 2. The van der Waals surface area contributed by atoms with E-state index in [0.717, 1.165) is 6.42 Å². The Labute approximate surface area is 98.8 Å². The van der Waals surface area contributed by atoms with Crippen molar-refractivity contribution in [3.63, 3.8) is 0 Å². The standard InChI is InChI=1S/C12H14.Hf/c1-9(2)11-8-7-10-5-3-4-6-12(10)11;/h3-6,8-9H,7H2,1-2H3;. The van der Waals surface area contributed by atoms with Gasteiger partial charge in [-0.05, 0) is 29.0 Å². The molecule has 0 saturated carbocycles. The van der Waals surface area contributed by atoms with Gasteiger partial charge in [-0.2, -0.15) is 0 Å². The molecule has 0 nitrogen and oxygen atoms in total. The third kappa shape index (κ3) is 2.01. The Hall–Kier alpha value is -0.170. The minimum absolute atomic E-state index is 0. The molecule has 0 aliphatic heterocycles. The Bertz CT molecular complexity index is 324. The van der Waals surface area contributed by atoms with Crippen LogP contribution in [-0.2, 0) is 32.3 Å². The van der Waals surface area contributed by atoms with Crippen LogP contribution in [-0.4, -0.2) is 0 Å². The molecule has 0 spiro atoms. The molecule has 1 aromatic rings. The zero-order valence-electron chi connectivity index (χ0n) is 8.17. The fourth-order valence-corrected chi connectivity index (χ4v) is 1.86. The van der Waals surface area contributed by atoms with Crippen molar-refractivity contribution in [2.24, 2.45) is 5.92 Å². The van der Waals surface area contributed by atoms with E-state index in [1.165, 1.54) is 16.7 Å². The fraction of sp³-hybridized carbons (Fsp3) is 0.333. The molecule has 0 bridgehead atoms. The summed E-state index contributed by atoms with van der Waals surface area (Å²) in [5.74, 6) is 0.661. The van der Waals surface area contributed by atoms with Gasteiger partial charge in [-0.3, -0.25) is 0 Å². The Kier molecular flexibility index (Phi) is 3.66. The van der Waals surface area contributed by atoms with E-state index in [-0.39, 0.29) is 25.8 Å². The molecule has 0 radical (unpaired) electrons. The Balaban J connectivity index is 0.000000845. The number of hydrogen-bond acceptors (Lipinski definition) is 0. The summed E-state index contributed by atoms with van der Waals surface area (Å²) in [4.78, 5) is 0. The summed E-state index contributed by atoms with van der Waals surface area (Å²) >= 11 is 0. The van der Waals surface area contributed by atoms with E-state index >= 15 is 0 Å². The Morgan fingerprint density at radius 2 is 1.85 bits per heavy atom. The molecule has 0 unspecified atom stereocenters. The molecule has 0 saturated heterocycles. The van der Waals surface area contributed by atoms with Gasteiger partial charge < -0.3 is 0 Å². The van der Waals surface area contributed by atoms with E-state index < -0.39 is 0 Å². The maximum atomic E-state index is 2.36. The van der Waals surface area contributed by atoms with E-state index in [2.05, 4.69) is 44.2 Å². The molecule has 0 fully saturated rings. The number of hydrogen-bond donors (Lipinski definition) is 0. The van der Waals surface area contributed by atoms with Gasteiger partial charge in [0.1, 0.15) is 0 Å². The second-order valence-corrected chi connectivity index (χ2v) is 3.68. The van der Waals surface area contributed by atoms with Crippen molar-refractivity contribution in [2.75, 3.05) is 0 Å². The third-order valence-corrected chi connectivity index (χ3v) is 2.49.